The van der Waals surface area contributed by atoms with Crippen molar-refractivity contribution in [3.63, 3.8) is 0 Å². The maximum absolute atomic E-state index is 11.8. The molecule has 0 saturated carbocycles. The second-order valence-corrected chi connectivity index (χ2v) is 4.21. The van der Waals surface area contributed by atoms with Crippen molar-refractivity contribution >= 4 is 11.6 Å². The van der Waals surface area contributed by atoms with E-state index in [0.29, 0.717) is 6.42 Å². The Balaban J connectivity index is 1.94. The van der Waals surface area contributed by atoms with Crippen LogP contribution in [0.3, 0.4) is 0 Å². The van der Waals surface area contributed by atoms with Gasteiger partial charge in [-0.3, -0.25) is 4.79 Å². The Bertz CT molecular complexity index is 427. The number of carbonyl (C=O) groups is 1. The van der Waals surface area contributed by atoms with Crippen LogP contribution in [0.4, 0.5) is 5.69 Å². The molecular formula is C13H15N3O. The molecule has 0 spiro atoms. The van der Waals surface area contributed by atoms with E-state index in [1.165, 1.54) is 0 Å². The third-order valence-electron chi connectivity index (χ3n) is 2.94. The fourth-order valence-corrected chi connectivity index (χ4v) is 1.92. The van der Waals surface area contributed by atoms with Gasteiger partial charge in [-0.25, -0.2) is 0 Å². The van der Waals surface area contributed by atoms with Gasteiger partial charge < -0.3 is 10.6 Å². The first-order chi connectivity index (χ1) is 8.29. The van der Waals surface area contributed by atoms with Crippen molar-refractivity contribution in [3.8, 4) is 6.07 Å². The summed E-state index contributed by atoms with van der Waals surface area (Å²) in [4.78, 5) is 11.8. The van der Waals surface area contributed by atoms with Gasteiger partial charge in [-0.15, -0.1) is 0 Å². The van der Waals surface area contributed by atoms with E-state index >= 15 is 0 Å². The van der Waals surface area contributed by atoms with Gasteiger partial charge in [-0.05, 0) is 30.7 Å². The van der Waals surface area contributed by atoms with Crippen LogP contribution in [0, 0.1) is 17.2 Å². The summed E-state index contributed by atoms with van der Waals surface area (Å²) in [7, 11) is 0. The molecule has 1 aliphatic heterocycles. The average molecular weight is 229 g/mol. The highest BCUT2D eigenvalue weighted by atomic mass is 16.1. The number of amides is 1. The first-order valence-electron chi connectivity index (χ1n) is 5.77. The maximum Gasteiger partial charge on any atom is 0.228 e. The lowest BCUT2D eigenvalue weighted by atomic mass is 10.1. The van der Waals surface area contributed by atoms with Gasteiger partial charge in [0.05, 0.1) is 18.4 Å². The minimum absolute atomic E-state index is 0.0723. The van der Waals surface area contributed by atoms with E-state index in [4.69, 9.17) is 5.26 Å². The number of nitrogens with zero attached hydrogens (tertiary/aromatic N) is 1. The molecule has 0 aliphatic carbocycles. The van der Waals surface area contributed by atoms with Gasteiger partial charge in [0.2, 0.25) is 5.91 Å². The molecule has 1 aliphatic rings. The summed E-state index contributed by atoms with van der Waals surface area (Å²) in [5.74, 6) is 0.150. The van der Waals surface area contributed by atoms with E-state index in [9.17, 15) is 4.79 Å². The summed E-state index contributed by atoms with van der Waals surface area (Å²) in [6.07, 6.45) is 1.30. The predicted octanol–water partition coefficient (Wildman–Crippen LogP) is 1.30. The smallest absolute Gasteiger partial charge is 0.228 e. The van der Waals surface area contributed by atoms with Gasteiger partial charge in [0.25, 0.3) is 0 Å². The molecule has 1 aromatic carbocycles. The molecule has 1 atom stereocenters. The van der Waals surface area contributed by atoms with Crippen molar-refractivity contribution in [2.75, 3.05) is 18.4 Å². The zero-order valence-corrected chi connectivity index (χ0v) is 9.57. The summed E-state index contributed by atoms with van der Waals surface area (Å²) >= 11 is 0. The van der Waals surface area contributed by atoms with E-state index in [-0.39, 0.29) is 11.8 Å². The van der Waals surface area contributed by atoms with Gasteiger partial charge >= 0.3 is 0 Å². The van der Waals surface area contributed by atoms with E-state index in [1.54, 1.807) is 0 Å². The van der Waals surface area contributed by atoms with Crippen LogP contribution in [0.15, 0.2) is 24.3 Å². The average Bonchev–Trinajstić information content (AvgIpc) is 2.86. The highest BCUT2D eigenvalue weighted by molar-refractivity contribution is 5.92. The first-order valence-corrected chi connectivity index (χ1v) is 5.77. The van der Waals surface area contributed by atoms with Crippen LogP contribution in [0.5, 0.6) is 0 Å². The third-order valence-corrected chi connectivity index (χ3v) is 2.94. The summed E-state index contributed by atoms with van der Waals surface area (Å²) in [6, 6.07) is 9.51. The summed E-state index contributed by atoms with van der Waals surface area (Å²) in [6.45, 7) is 1.68. The molecule has 2 rings (SSSR count). The van der Waals surface area contributed by atoms with Gasteiger partial charge in [0.1, 0.15) is 0 Å². The van der Waals surface area contributed by atoms with Crippen LogP contribution >= 0.6 is 0 Å². The number of hydrogen-bond acceptors (Lipinski definition) is 3. The number of carbonyl (C=O) groups excluding carboxylic acids is 1. The zero-order chi connectivity index (χ0) is 12.1. The van der Waals surface area contributed by atoms with Crippen molar-refractivity contribution in [1.82, 2.24) is 5.32 Å². The fourth-order valence-electron chi connectivity index (χ4n) is 1.92. The molecule has 0 aromatic heterocycles. The quantitative estimate of drug-likeness (QED) is 0.821. The second-order valence-electron chi connectivity index (χ2n) is 4.21. The molecule has 4 nitrogen and oxygen atoms in total. The second kappa shape index (κ2) is 5.46. The highest BCUT2D eigenvalue weighted by Gasteiger charge is 2.22. The van der Waals surface area contributed by atoms with Gasteiger partial charge in [-0.1, -0.05) is 12.1 Å². The SMILES string of the molecule is N#CCc1ccc(NC(=O)C2CCNC2)cc1. The summed E-state index contributed by atoms with van der Waals surface area (Å²) in [5, 5.41) is 14.6. The number of hydrogen-bond donors (Lipinski definition) is 2. The lowest BCUT2D eigenvalue weighted by molar-refractivity contribution is -0.119. The predicted molar refractivity (Wildman–Crippen MR) is 65.4 cm³/mol. The van der Waals surface area contributed by atoms with E-state index < -0.39 is 0 Å². The normalized spacial score (nSPS) is 18.6. The van der Waals surface area contributed by atoms with Crippen LogP contribution in [0.25, 0.3) is 0 Å². The van der Waals surface area contributed by atoms with Gasteiger partial charge in [0.15, 0.2) is 0 Å². The zero-order valence-electron chi connectivity index (χ0n) is 9.57. The number of anilines is 1. The van der Waals surface area contributed by atoms with Crippen molar-refractivity contribution in [2.24, 2.45) is 5.92 Å². The minimum Gasteiger partial charge on any atom is -0.326 e. The molecular weight excluding hydrogens is 214 g/mol. The maximum atomic E-state index is 11.8. The Morgan fingerprint density at radius 3 is 2.82 bits per heavy atom. The Morgan fingerprint density at radius 1 is 1.47 bits per heavy atom. The number of nitriles is 1. The summed E-state index contributed by atoms with van der Waals surface area (Å²) < 4.78 is 0. The number of benzene rings is 1. The molecule has 1 unspecified atom stereocenters. The van der Waals surface area contributed by atoms with Gasteiger partial charge in [0, 0.05) is 12.2 Å². The van der Waals surface area contributed by atoms with Crippen LogP contribution in [-0.2, 0) is 11.2 Å². The Kier molecular flexibility index (Phi) is 3.73. The highest BCUT2D eigenvalue weighted by Crippen LogP contribution is 2.14. The van der Waals surface area contributed by atoms with Crippen molar-refractivity contribution in [1.29, 1.82) is 5.26 Å². The van der Waals surface area contributed by atoms with Crippen LogP contribution in [0.1, 0.15) is 12.0 Å². The molecule has 17 heavy (non-hydrogen) atoms. The van der Waals surface area contributed by atoms with Crippen molar-refractivity contribution < 1.29 is 4.79 Å². The van der Waals surface area contributed by atoms with E-state index in [0.717, 1.165) is 30.8 Å². The third kappa shape index (κ3) is 3.05. The monoisotopic (exact) mass is 229 g/mol. The van der Waals surface area contributed by atoms with Crippen molar-refractivity contribution in [2.45, 2.75) is 12.8 Å². The fraction of sp³-hybridized carbons (Fsp3) is 0.385. The Labute approximate surface area is 101 Å². The van der Waals surface area contributed by atoms with E-state index in [1.807, 2.05) is 24.3 Å². The molecule has 1 aromatic rings. The number of rotatable bonds is 3. The van der Waals surface area contributed by atoms with Crippen LogP contribution in [0.2, 0.25) is 0 Å². The topological polar surface area (TPSA) is 64.9 Å². The van der Waals surface area contributed by atoms with Crippen LogP contribution in [-0.4, -0.2) is 19.0 Å². The molecule has 1 fully saturated rings. The van der Waals surface area contributed by atoms with Gasteiger partial charge in [-0.2, -0.15) is 5.26 Å². The van der Waals surface area contributed by atoms with Crippen molar-refractivity contribution in [3.05, 3.63) is 29.8 Å². The lowest BCUT2D eigenvalue weighted by Crippen LogP contribution is -2.24. The minimum atomic E-state index is 0.0723. The molecule has 0 radical (unpaired) electrons. The first kappa shape index (κ1) is 11.6. The standard InChI is InChI=1S/C13H15N3O/c14-7-5-10-1-3-12(4-2-10)16-13(17)11-6-8-15-9-11/h1-4,11,15H,5-6,8-9H2,(H,16,17). The molecule has 2 N–H and O–H groups in total. The lowest BCUT2D eigenvalue weighted by Gasteiger charge is -2.09. The molecule has 0 bridgehead atoms. The largest absolute Gasteiger partial charge is 0.326 e. The molecule has 4 heteroatoms. The molecule has 1 amide bonds. The molecule has 1 heterocycles. The van der Waals surface area contributed by atoms with Crippen LogP contribution < -0.4 is 10.6 Å². The molecule has 88 valence electrons. The molecule has 1 saturated heterocycles. The summed E-state index contributed by atoms with van der Waals surface area (Å²) in [5.41, 5.74) is 1.76. The Hall–Kier alpha value is -1.86. The number of nitrogens with one attached hydrogen (secondary N) is 2. The van der Waals surface area contributed by atoms with E-state index in [2.05, 4.69) is 16.7 Å². The Morgan fingerprint density at radius 2 is 2.24 bits per heavy atom.